The van der Waals surface area contributed by atoms with Crippen molar-refractivity contribution in [3.05, 3.63) is 53.3 Å². The molecule has 0 aliphatic heterocycles. The average Bonchev–Trinajstić information content (AvgIpc) is 2.38. The molecular formula is C15H16N2O2. The molecule has 2 aromatic rings. The highest BCUT2D eigenvalue weighted by Gasteiger charge is 2.16. The Labute approximate surface area is 112 Å². The lowest BCUT2D eigenvalue weighted by Gasteiger charge is -2.18. The number of nitrogens with zero attached hydrogens (tertiary/aromatic N) is 2. The van der Waals surface area contributed by atoms with Crippen LogP contribution >= 0.6 is 0 Å². The second kappa shape index (κ2) is 5.10. The maximum Gasteiger partial charge on any atom is 0.259 e. The van der Waals surface area contributed by atoms with Gasteiger partial charge in [0.2, 0.25) is 0 Å². The summed E-state index contributed by atoms with van der Waals surface area (Å²) in [7, 11) is 1.70. The van der Waals surface area contributed by atoms with Crippen molar-refractivity contribution in [3.8, 4) is 5.75 Å². The molecule has 1 aromatic carbocycles. The lowest BCUT2D eigenvalue weighted by atomic mass is 10.1. The van der Waals surface area contributed by atoms with Crippen LogP contribution < -0.4 is 4.90 Å². The van der Waals surface area contributed by atoms with Gasteiger partial charge in [-0.2, -0.15) is 0 Å². The monoisotopic (exact) mass is 256 g/mol. The molecule has 0 unspecified atom stereocenters. The summed E-state index contributed by atoms with van der Waals surface area (Å²) < 4.78 is 0. The van der Waals surface area contributed by atoms with E-state index < -0.39 is 0 Å². The number of anilines is 1. The normalized spacial score (nSPS) is 10.3. The van der Waals surface area contributed by atoms with Crippen LogP contribution in [0.4, 0.5) is 5.69 Å². The van der Waals surface area contributed by atoms with Crippen LogP contribution in [0, 0.1) is 13.8 Å². The molecule has 1 aromatic heterocycles. The van der Waals surface area contributed by atoms with Gasteiger partial charge in [-0.15, -0.1) is 0 Å². The minimum atomic E-state index is -0.115. The van der Waals surface area contributed by atoms with Gasteiger partial charge in [0.1, 0.15) is 5.75 Å². The van der Waals surface area contributed by atoms with E-state index in [-0.39, 0.29) is 11.7 Å². The summed E-state index contributed by atoms with van der Waals surface area (Å²) in [6.07, 6.45) is 0. The number of aromatic nitrogens is 1. The molecule has 98 valence electrons. The van der Waals surface area contributed by atoms with Crippen molar-refractivity contribution in [1.82, 2.24) is 4.98 Å². The molecule has 1 N–H and O–H groups in total. The molecule has 19 heavy (non-hydrogen) atoms. The Morgan fingerprint density at radius 2 is 1.74 bits per heavy atom. The molecule has 1 heterocycles. The molecule has 2 rings (SSSR count). The number of phenolic OH excluding ortho intramolecular Hbond substituents is 1. The van der Waals surface area contributed by atoms with E-state index in [9.17, 15) is 9.90 Å². The third kappa shape index (κ3) is 2.73. The zero-order valence-corrected chi connectivity index (χ0v) is 11.2. The van der Waals surface area contributed by atoms with E-state index in [1.807, 2.05) is 19.9 Å². The fraction of sp³-hybridized carbons (Fsp3) is 0.200. The minimum Gasteiger partial charge on any atom is -0.508 e. The highest BCUT2D eigenvalue weighted by Crippen LogP contribution is 2.20. The smallest absolute Gasteiger partial charge is 0.259 e. The van der Waals surface area contributed by atoms with E-state index >= 15 is 0 Å². The van der Waals surface area contributed by atoms with E-state index in [4.69, 9.17) is 0 Å². The van der Waals surface area contributed by atoms with Crippen molar-refractivity contribution < 1.29 is 9.90 Å². The molecule has 0 aliphatic carbocycles. The lowest BCUT2D eigenvalue weighted by Crippen LogP contribution is -2.27. The van der Waals surface area contributed by atoms with Crippen LogP contribution in [0.15, 0.2) is 36.4 Å². The number of aromatic hydroxyl groups is 1. The van der Waals surface area contributed by atoms with Crippen molar-refractivity contribution >= 4 is 11.6 Å². The number of hydrogen-bond donors (Lipinski definition) is 1. The maximum absolute atomic E-state index is 12.4. The second-order valence-electron chi connectivity index (χ2n) is 4.47. The Kier molecular flexibility index (Phi) is 3.51. The van der Waals surface area contributed by atoms with Crippen LogP contribution in [0.2, 0.25) is 0 Å². The Hall–Kier alpha value is -2.36. The Morgan fingerprint density at radius 3 is 2.32 bits per heavy atom. The predicted molar refractivity (Wildman–Crippen MR) is 74.6 cm³/mol. The average molecular weight is 256 g/mol. The highest BCUT2D eigenvalue weighted by atomic mass is 16.3. The molecule has 0 saturated carbocycles. The van der Waals surface area contributed by atoms with Crippen molar-refractivity contribution in [2.45, 2.75) is 13.8 Å². The zero-order valence-electron chi connectivity index (χ0n) is 11.2. The third-order valence-electron chi connectivity index (χ3n) is 3.00. The first-order valence-corrected chi connectivity index (χ1v) is 6.00. The number of phenols is 1. The molecule has 0 atom stereocenters. The highest BCUT2D eigenvalue weighted by molar-refractivity contribution is 6.06. The molecule has 0 aliphatic rings. The fourth-order valence-corrected chi connectivity index (χ4v) is 1.89. The van der Waals surface area contributed by atoms with E-state index in [1.165, 1.54) is 0 Å². The quantitative estimate of drug-likeness (QED) is 0.898. The summed E-state index contributed by atoms with van der Waals surface area (Å²) in [5.41, 5.74) is 2.92. The number of carbonyl (C=O) groups is 1. The standard InChI is InChI=1S/C15H16N2O2/c1-10-4-9-14(11(2)16-10)15(19)17(3)12-5-7-13(18)8-6-12/h4-9,18H,1-3H3. The fourth-order valence-electron chi connectivity index (χ4n) is 1.89. The Bertz CT molecular complexity index is 606. The second-order valence-corrected chi connectivity index (χ2v) is 4.47. The summed E-state index contributed by atoms with van der Waals surface area (Å²) in [6, 6.07) is 10.1. The van der Waals surface area contributed by atoms with Crippen LogP contribution in [0.1, 0.15) is 21.7 Å². The topological polar surface area (TPSA) is 53.4 Å². The first-order chi connectivity index (χ1) is 8.99. The maximum atomic E-state index is 12.4. The van der Waals surface area contributed by atoms with Gasteiger partial charge in [-0.25, -0.2) is 0 Å². The molecular weight excluding hydrogens is 240 g/mol. The van der Waals surface area contributed by atoms with E-state index in [1.54, 1.807) is 42.3 Å². The van der Waals surface area contributed by atoms with Gasteiger partial charge in [0, 0.05) is 18.4 Å². The number of aryl methyl sites for hydroxylation is 2. The van der Waals surface area contributed by atoms with E-state index in [0.717, 1.165) is 17.1 Å². The van der Waals surface area contributed by atoms with E-state index in [0.29, 0.717) is 5.56 Å². The van der Waals surface area contributed by atoms with Crippen LogP contribution in [0.5, 0.6) is 5.75 Å². The molecule has 4 heteroatoms. The summed E-state index contributed by atoms with van der Waals surface area (Å²) in [5, 5.41) is 9.26. The lowest BCUT2D eigenvalue weighted by molar-refractivity contribution is 0.0992. The molecule has 1 amide bonds. The number of amides is 1. The number of benzene rings is 1. The van der Waals surface area contributed by atoms with Gasteiger partial charge in [-0.1, -0.05) is 0 Å². The SMILES string of the molecule is Cc1ccc(C(=O)N(C)c2ccc(O)cc2)c(C)n1. The molecule has 4 nitrogen and oxygen atoms in total. The summed E-state index contributed by atoms with van der Waals surface area (Å²) in [4.78, 5) is 18.2. The molecule has 0 spiro atoms. The van der Waals surface area contributed by atoms with Gasteiger partial charge in [0.25, 0.3) is 5.91 Å². The van der Waals surface area contributed by atoms with Crippen LogP contribution in [0.3, 0.4) is 0 Å². The molecule has 0 saturated heterocycles. The van der Waals surface area contributed by atoms with E-state index in [2.05, 4.69) is 4.98 Å². The minimum absolute atomic E-state index is 0.115. The predicted octanol–water partition coefficient (Wildman–Crippen LogP) is 2.68. The largest absolute Gasteiger partial charge is 0.508 e. The van der Waals surface area contributed by atoms with Crippen molar-refractivity contribution in [2.24, 2.45) is 0 Å². The van der Waals surface area contributed by atoms with Crippen molar-refractivity contribution in [1.29, 1.82) is 0 Å². The number of pyridine rings is 1. The summed E-state index contributed by atoms with van der Waals surface area (Å²) in [5.74, 6) is 0.0634. The van der Waals surface area contributed by atoms with Crippen LogP contribution in [0.25, 0.3) is 0 Å². The number of hydrogen-bond acceptors (Lipinski definition) is 3. The molecule has 0 radical (unpaired) electrons. The van der Waals surface area contributed by atoms with Gasteiger partial charge in [-0.3, -0.25) is 9.78 Å². The zero-order chi connectivity index (χ0) is 14.0. The van der Waals surface area contributed by atoms with Gasteiger partial charge in [-0.05, 0) is 50.2 Å². The third-order valence-corrected chi connectivity index (χ3v) is 3.00. The number of rotatable bonds is 2. The van der Waals surface area contributed by atoms with Crippen LogP contribution in [-0.4, -0.2) is 23.0 Å². The van der Waals surface area contributed by atoms with Crippen molar-refractivity contribution in [2.75, 3.05) is 11.9 Å². The first-order valence-electron chi connectivity index (χ1n) is 6.00. The van der Waals surface area contributed by atoms with Gasteiger partial charge in [0.05, 0.1) is 11.3 Å². The van der Waals surface area contributed by atoms with Crippen molar-refractivity contribution in [3.63, 3.8) is 0 Å². The number of carbonyl (C=O) groups excluding carboxylic acids is 1. The summed E-state index contributed by atoms with van der Waals surface area (Å²) >= 11 is 0. The van der Waals surface area contributed by atoms with Gasteiger partial charge in [0.15, 0.2) is 0 Å². The van der Waals surface area contributed by atoms with Gasteiger partial charge < -0.3 is 10.0 Å². The Morgan fingerprint density at radius 1 is 1.11 bits per heavy atom. The Balaban J connectivity index is 2.30. The summed E-state index contributed by atoms with van der Waals surface area (Å²) in [6.45, 7) is 3.72. The van der Waals surface area contributed by atoms with Gasteiger partial charge >= 0.3 is 0 Å². The molecule has 0 fully saturated rings. The first kappa shape index (κ1) is 13.1. The van der Waals surface area contributed by atoms with Crippen LogP contribution in [-0.2, 0) is 0 Å². The molecule has 0 bridgehead atoms.